The van der Waals surface area contributed by atoms with Crippen LogP contribution in [0.5, 0.6) is 5.75 Å². The quantitative estimate of drug-likeness (QED) is 0.473. The van der Waals surface area contributed by atoms with E-state index in [1.165, 1.54) is 6.07 Å². The van der Waals surface area contributed by atoms with Crippen molar-refractivity contribution in [1.29, 1.82) is 0 Å². The second kappa shape index (κ2) is 10.3. The number of alkyl halides is 3. The molecule has 1 heterocycles. The first-order valence-electron chi connectivity index (χ1n) is 10.00. The Hall–Kier alpha value is -1.68. The van der Waals surface area contributed by atoms with Crippen molar-refractivity contribution in [3.05, 3.63) is 42.0 Å². The molecule has 0 saturated carbocycles. The van der Waals surface area contributed by atoms with Gasteiger partial charge in [-0.1, -0.05) is 19.9 Å². The molecule has 2 atom stereocenters. The maximum atomic E-state index is 12.5. The largest absolute Gasteiger partial charge is 0.484 e. The Balaban J connectivity index is 0.00000166. The van der Waals surface area contributed by atoms with Crippen molar-refractivity contribution in [3.63, 3.8) is 0 Å². The standard InChI is InChI=1S/C20H23F3N2O2S2.C2H6/c1-19(2,10-24)29(26)9-16(25)12-3-5-17-14(7-12)15-8-13(4-6-18(15)28-17)27-11-20(21,22)23;1-2/h3-8,16H,9-11,24-25H2,1-2H3;1-2H3. The van der Waals surface area contributed by atoms with Crippen molar-refractivity contribution in [2.45, 2.75) is 44.7 Å². The molecule has 0 aliphatic heterocycles. The van der Waals surface area contributed by atoms with E-state index in [1.807, 2.05) is 45.9 Å². The van der Waals surface area contributed by atoms with Gasteiger partial charge in [-0.2, -0.15) is 13.2 Å². The summed E-state index contributed by atoms with van der Waals surface area (Å²) >= 11 is 1.54. The zero-order valence-corrected chi connectivity index (χ0v) is 19.7. The molecule has 0 fully saturated rings. The van der Waals surface area contributed by atoms with E-state index in [0.717, 1.165) is 25.7 Å². The molecular weight excluding hydrogens is 445 g/mol. The summed E-state index contributed by atoms with van der Waals surface area (Å²) in [6.45, 7) is 6.64. The lowest BCUT2D eigenvalue weighted by molar-refractivity contribution is -0.153. The first-order chi connectivity index (χ1) is 14.5. The number of benzene rings is 2. The molecule has 0 spiro atoms. The maximum absolute atomic E-state index is 12.5. The van der Waals surface area contributed by atoms with E-state index in [1.54, 1.807) is 23.5 Å². The number of rotatable bonds is 7. The first-order valence-corrected chi connectivity index (χ1v) is 12.1. The van der Waals surface area contributed by atoms with Crippen LogP contribution in [0.3, 0.4) is 0 Å². The zero-order valence-electron chi connectivity index (χ0n) is 18.1. The van der Waals surface area contributed by atoms with Crippen molar-refractivity contribution in [1.82, 2.24) is 0 Å². The SMILES string of the molecule is CC.CC(C)(CN)S(=O)CC(N)c1ccc2sc3ccc(OCC(F)(F)F)cc3c2c1. The lowest BCUT2D eigenvalue weighted by Crippen LogP contribution is -2.39. The zero-order chi connectivity index (χ0) is 23.4. The molecule has 0 aliphatic carbocycles. The fourth-order valence-electron chi connectivity index (χ4n) is 2.84. The van der Waals surface area contributed by atoms with Crippen LogP contribution in [0.2, 0.25) is 0 Å². The highest BCUT2D eigenvalue weighted by molar-refractivity contribution is 7.86. The molecule has 4 nitrogen and oxygen atoms in total. The molecule has 2 unspecified atom stereocenters. The summed E-state index contributed by atoms with van der Waals surface area (Å²) in [5.74, 6) is 0.438. The first kappa shape index (κ1) is 25.6. The van der Waals surface area contributed by atoms with Crippen LogP contribution < -0.4 is 16.2 Å². The van der Waals surface area contributed by atoms with Gasteiger partial charge in [0.15, 0.2) is 6.61 Å². The third-order valence-corrected chi connectivity index (χ3v) is 7.95. The van der Waals surface area contributed by atoms with Gasteiger partial charge >= 0.3 is 6.18 Å². The minimum absolute atomic E-state index is 0.162. The Bertz CT molecular complexity index is 1050. The number of hydrogen-bond acceptors (Lipinski definition) is 5. The topological polar surface area (TPSA) is 78.3 Å². The van der Waals surface area contributed by atoms with E-state index in [9.17, 15) is 17.4 Å². The third-order valence-electron chi connectivity index (χ3n) is 4.73. The number of fused-ring (bicyclic) bond motifs is 3. The van der Waals surface area contributed by atoms with Crippen molar-refractivity contribution < 1.29 is 22.1 Å². The minimum Gasteiger partial charge on any atom is -0.484 e. The number of hydrogen-bond donors (Lipinski definition) is 2. The smallest absolute Gasteiger partial charge is 0.422 e. The third kappa shape index (κ3) is 6.41. The molecule has 0 bridgehead atoms. The summed E-state index contributed by atoms with van der Waals surface area (Å²) < 4.78 is 56.1. The van der Waals surface area contributed by atoms with Gasteiger partial charge in [-0.05, 0) is 49.7 Å². The van der Waals surface area contributed by atoms with Crippen molar-refractivity contribution >= 4 is 42.3 Å². The molecule has 172 valence electrons. The Kier molecular flexibility index (Phi) is 8.49. The maximum Gasteiger partial charge on any atom is 0.422 e. The Morgan fingerprint density at radius 1 is 1.06 bits per heavy atom. The lowest BCUT2D eigenvalue weighted by atomic mass is 10.1. The number of ether oxygens (including phenoxy) is 1. The van der Waals surface area contributed by atoms with Gasteiger partial charge < -0.3 is 16.2 Å². The van der Waals surface area contributed by atoms with Crippen molar-refractivity contribution in [3.8, 4) is 5.75 Å². The van der Waals surface area contributed by atoms with Gasteiger partial charge in [0, 0.05) is 49.3 Å². The van der Waals surface area contributed by atoms with E-state index in [2.05, 4.69) is 0 Å². The monoisotopic (exact) mass is 474 g/mol. The van der Waals surface area contributed by atoms with E-state index in [4.69, 9.17) is 16.2 Å². The fourth-order valence-corrected chi connectivity index (χ4v) is 5.06. The molecule has 4 N–H and O–H groups in total. The van der Waals surface area contributed by atoms with Crippen molar-refractivity contribution in [2.24, 2.45) is 11.5 Å². The van der Waals surface area contributed by atoms with Gasteiger partial charge in [-0.25, -0.2) is 0 Å². The van der Waals surface area contributed by atoms with Gasteiger partial charge in [-0.3, -0.25) is 4.21 Å². The molecule has 1 aromatic heterocycles. The van der Waals surface area contributed by atoms with Crippen LogP contribution >= 0.6 is 11.3 Å². The van der Waals surface area contributed by atoms with Gasteiger partial charge in [0.2, 0.25) is 0 Å². The van der Waals surface area contributed by atoms with E-state index in [0.29, 0.717) is 6.54 Å². The van der Waals surface area contributed by atoms with Gasteiger partial charge in [0.25, 0.3) is 0 Å². The summed E-state index contributed by atoms with van der Waals surface area (Å²) in [5.41, 5.74) is 12.8. The number of halogens is 3. The highest BCUT2D eigenvalue weighted by atomic mass is 32.2. The second-order valence-corrected chi connectivity index (χ2v) is 10.7. The Labute approximate surface area is 187 Å². The molecule has 0 aliphatic rings. The van der Waals surface area contributed by atoms with E-state index < -0.39 is 34.4 Å². The summed E-state index contributed by atoms with van der Waals surface area (Å²) in [5, 5.41) is 1.70. The molecule has 0 radical (unpaired) electrons. The van der Waals surface area contributed by atoms with Crippen LogP contribution in [0.15, 0.2) is 36.4 Å². The van der Waals surface area contributed by atoms with Gasteiger partial charge in [-0.15, -0.1) is 11.3 Å². The molecule has 0 amide bonds. The van der Waals surface area contributed by atoms with Crippen LogP contribution in [0.25, 0.3) is 20.2 Å². The van der Waals surface area contributed by atoms with E-state index in [-0.39, 0.29) is 11.5 Å². The Morgan fingerprint density at radius 3 is 2.23 bits per heavy atom. The summed E-state index contributed by atoms with van der Waals surface area (Å²) in [7, 11) is -1.20. The lowest BCUT2D eigenvalue weighted by Gasteiger charge is -2.24. The molecule has 3 aromatic rings. The molecular formula is C22H29F3N2O2S2. The highest BCUT2D eigenvalue weighted by Crippen LogP contribution is 2.37. The molecule has 31 heavy (non-hydrogen) atoms. The van der Waals surface area contributed by atoms with E-state index >= 15 is 0 Å². The van der Waals surface area contributed by atoms with Crippen LogP contribution in [-0.2, 0) is 10.8 Å². The van der Waals surface area contributed by atoms with Crippen LogP contribution in [0.1, 0.15) is 39.3 Å². The normalized spacial score (nSPS) is 14.2. The number of nitrogens with two attached hydrogens (primary N) is 2. The predicted molar refractivity (Wildman–Crippen MR) is 125 cm³/mol. The van der Waals surface area contributed by atoms with Crippen LogP contribution in [0.4, 0.5) is 13.2 Å². The predicted octanol–water partition coefficient (Wildman–Crippen LogP) is 5.51. The summed E-state index contributed by atoms with van der Waals surface area (Å²) in [4.78, 5) is 0. The average molecular weight is 475 g/mol. The molecule has 9 heteroatoms. The van der Waals surface area contributed by atoms with Crippen LogP contribution in [-0.4, -0.2) is 34.0 Å². The highest BCUT2D eigenvalue weighted by Gasteiger charge is 2.28. The second-order valence-electron chi connectivity index (χ2n) is 7.50. The number of thiophene rings is 1. The summed E-state index contributed by atoms with van der Waals surface area (Å²) in [6.07, 6.45) is -4.39. The average Bonchev–Trinajstić information content (AvgIpc) is 3.10. The summed E-state index contributed by atoms with van der Waals surface area (Å²) in [6, 6.07) is 10.2. The fraction of sp³-hybridized carbons (Fsp3) is 0.455. The van der Waals surface area contributed by atoms with Gasteiger partial charge in [0.05, 0.1) is 4.75 Å². The van der Waals surface area contributed by atoms with Crippen LogP contribution in [0, 0.1) is 0 Å². The molecule has 0 saturated heterocycles. The Morgan fingerprint density at radius 2 is 1.65 bits per heavy atom. The van der Waals surface area contributed by atoms with Crippen molar-refractivity contribution in [2.75, 3.05) is 18.9 Å². The molecule has 3 rings (SSSR count). The minimum atomic E-state index is -4.39. The molecule has 2 aromatic carbocycles. The van der Waals surface area contributed by atoms with Gasteiger partial charge in [0.1, 0.15) is 5.75 Å².